The summed E-state index contributed by atoms with van der Waals surface area (Å²) in [7, 11) is 1.88. The summed E-state index contributed by atoms with van der Waals surface area (Å²) < 4.78 is 5.76. The van der Waals surface area contributed by atoms with Crippen LogP contribution in [0.3, 0.4) is 0 Å². The van der Waals surface area contributed by atoms with Crippen molar-refractivity contribution in [3.05, 3.63) is 0 Å². The molecule has 2 fully saturated rings. The number of methoxy groups -OCH3 is 1. The molecule has 1 heterocycles. The summed E-state index contributed by atoms with van der Waals surface area (Å²) in [6.07, 6.45) is 10.8. The van der Waals surface area contributed by atoms with E-state index in [-0.39, 0.29) is 5.60 Å². The minimum absolute atomic E-state index is 0.0787. The largest absolute Gasteiger partial charge is 0.377 e. The molecule has 0 aromatic carbocycles. The average Bonchev–Trinajstić information content (AvgIpc) is 2.70. The molecule has 3 unspecified atom stereocenters. The summed E-state index contributed by atoms with van der Waals surface area (Å²) >= 11 is 0. The van der Waals surface area contributed by atoms with E-state index in [2.05, 4.69) is 24.1 Å². The van der Waals surface area contributed by atoms with Gasteiger partial charge in [-0.1, -0.05) is 26.2 Å². The van der Waals surface area contributed by atoms with Crippen molar-refractivity contribution in [3.8, 4) is 0 Å². The molecule has 1 aliphatic heterocycles. The number of rotatable bonds is 6. The van der Waals surface area contributed by atoms with Gasteiger partial charge in [-0.15, -0.1) is 0 Å². The molecule has 3 atom stereocenters. The highest BCUT2D eigenvalue weighted by Crippen LogP contribution is 2.28. The third-order valence-electron chi connectivity index (χ3n) is 5.54. The Balaban J connectivity index is 1.90. The van der Waals surface area contributed by atoms with Crippen LogP contribution in [-0.4, -0.2) is 49.8 Å². The lowest BCUT2D eigenvalue weighted by Gasteiger charge is -2.41. The molecular formula is C18H36N2O. The van der Waals surface area contributed by atoms with Gasteiger partial charge in [0.15, 0.2) is 0 Å². The van der Waals surface area contributed by atoms with Gasteiger partial charge in [0, 0.05) is 26.2 Å². The third-order valence-corrected chi connectivity index (χ3v) is 5.54. The minimum Gasteiger partial charge on any atom is -0.377 e. The van der Waals surface area contributed by atoms with E-state index in [9.17, 15) is 0 Å². The van der Waals surface area contributed by atoms with Gasteiger partial charge in [-0.3, -0.25) is 0 Å². The molecule has 0 amide bonds. The van der Waals surface area contributed by atoms with E-state index >= 15 is 0 Å². The molecule has 2 rings (SSSR count). The number of nitrogens with zero attached hydrogens (tertiary/aromatic N) is 1. The second-order valence-electron chi connectivity index (χ2n) is 7.45. The van der Waals surface area contributed by atoms with Crippen LogP contribution in [0.5, 0.6) is 0 Å². The van der Waals surface area contributed by atoms with Crippen molar-refractivity contribution in [1.82, 2.24) is 10.2 Å². The van der Waals surface area contributed by atoms with Crippen LogP contribution in [0.25, 0.3) is 0 Å². The zero-order valence-corrected chi connectivity index (χ0v) is 14.5. The molecule has 1 saturated heterocycles. The van der Waals surface area contributed by atoms with Crippen molar-refractivity contribution in [2.24, 2.45) is 5.92 Å². The fraction of sp³-hybridized carbons (Fsp3) is 1.00. The smallest absolute Gasteiger partial charge is 0.0777 e. The molecule has 0 radical (unpaired) electrons. The van der Waals surface area contributed by atoms with Crippen molar-refractivity contribution in [2.75, 3.05) is 33.3 Å². The Kier molecular flexibility index (Phi) is 6.97. The molecule has 1 N–H and O–H groups in total. The van der Waals surface area contributed by atoms with Gasteiger partial charge in [0.05, 0.1) is 5.60 Å². The van der Waals surface area contributed by atoms with Crippen LogP contribution in [0.4, 0.5) is 0 Å². The maximum Gasteiger partial charge on any atom is 0.0777 e. The summed E-state index contributed by atoms with van der Waals surface area (Å²) in [5.41, 5.74) is 0.0787. The van der Waals surface area contributed by atoms with Gasteiger partial charge in [-0.25, -0.2) is 0 Å². The van der Waals surface area contributed by atoms with Gasteiger partial charge in [0.25, 0.3) is 0 Å². The van der Waals surface area contributed by atoms with Crippen LogP contribution in [0.2, 0.25) is 0 Å². The standard InChI is InChI=1S/C18H36N2O/c1-4-12-19-17-10-7-5-6-9-16(17)14-20-13-8-11-18(2,15-20)21-3/h16-17,19H,4-15H2,1-3H3. The molecule has 1 aliphatic carbocycles. The second-order valence-corrected chi connectivity index (χ2v) is 7.45. The van der Waals surface area contributed by atoms with Gasteiger partial charge >= 0.3 is 0 Å². The molecule has 3 nitrogen and oxygen atoms in total. The van der Waals surface area contributed by atoms with E-state index in [1.54, 1.807) is 0 Å². The fourth-order valence-corrected chi connectivity index (χ4v) is 4.16. The molecule has 2 aliphatic rings. The summed E-state index contributed by atoms with van der Waals surface area (Å²) in [5, 5.41) is 3.83. The first kappa shape index (κ1) is 17.2. The number of hydrogen-bond acceptors (Lipinski definition) is 3. The van der Waals surface area contributed by atoms with Crippen LogP contribution in [-0.2, 0) is 4.74 Å². The Morgan fingerprint density at radius 1 is 1.19 bits per heavy atom. The normalized spacial score (nSPS) is 35.6. The Morgan fingerprint density at radius 3 is 2.76 bits per heavy atom. The zero-order valence-electron chi connectivity index (χ0n) is 14.5. The lowest BCUT2D eigenvalue weighted by molar-refractivity contribution is -0.0548. The molecule has 21 heavy (non-hydrogen) atoms. The van der Waals surface area contributed by atoms with Crippen LogP contribution in [0.1, 0.15) is 65.2 Å². The fourth-order valence-electron chi connectivity index (χ4n) is 4.16. The predicted octanol–water partition coefficient (Wildman–Crippen LogP) is 3.44. The van der Waals surface area contributed by atoms with Gasteiger partial charge in [-0.05, 0) is 58.0 Å². The topological polar surface area (TPSA) is 24.5 Å². The highest BCUT2D eigenvalue weighted by molar-refractivity contribution is 4.88. The Labute approximate surface area is 131 Å². The third kappa shape index (κ3) is 5.22. The first-order chi connectivity index (χ1) is 10.2. The van der Waals surface area contributed by atoms with Crippen molar-refractivity contribution in [2.45, 2.75) is 76.9 Å². The molecule has 3 heteroatoms. The lowest BCUT2D eigenvalue weighted by atomic mass is 9.90. The molecule has 0 aromatic rings. The number of likely N-dealkylation sites (tertiary alicyclic amines) is 1. The average molecular weight is 296 g/mol. The minimum atomic E-state index is 0.0787. The molecule has 0 aromatic heterocycles. The zero-order chi connectivity index (χ0) is 15.1. The van der Waals surface area contributed by atoms with Crippen LogP contribution < -0.4 is 5.32 Å². The van der Waals surface area contributed by atoms with Crippen LogP contribution in [0, 0.1) is 5.92 Å². The molecule has 0 spiro atoms. The van der Waals surface area contributed by atoms with Crippen molar-refractivity contribution >= 4 is 0 Å². The predicted molar refractivity (Wildman–Crippen MR) is 89.7 cm³/mol. The van der Waals surface area contributed by atoms with Crippen LogP contribution >= 0.6 is 0 Å². The molecule has 0 bridgehead atoms. The Hall–Kier alpha value is -0.120. The highest BCUT2D eigenvalue weighted by Gasteiger charge is 2.33. The SMILES string of the molecule is CCCNC1CCCCCC1CN1CCCC(C)(OC)C1. The molecule has 124 valence electrons. The molecular weight excluding hydrogens is 260 g/mol. The van der Waals surface area contributed by atoms with Gasteiger partial charge in [0.1, 0.15) is 0 Å². The van der Waals surface area contributed by atoms with E-state index in [0.29, 0.717) is 0 Å². The van der Waals surface area contributed by atoms with Gasteiger partial charge in [-0.2, -0.15) is 0 Å². The van der Waals surface area contributed by atoms with E-state index in [4.69, 9.17) is 4.74 Å². The maximum atomic E-state index is 5.76. The van der Waals surface area contributed by atoms with Crippen LogP contribution in [0.15, 0.2) is 0 Å². The highest BCUT2D eigenvalue weighted by atomic mass is 16.5. The number of ether oxygens (including phenoxy) is 1. The summed E-state index contributed by atoms with van der Waals surface area (Å²) in [6, 6.07) is 0.739. The Bertz CT molecular complexity index is 297. The van der Waals surface area contributed by atoms with E-state index < -0.39 is 0 Å². The van der Waals surface area contributed by atoms with Gasteiger partial charge in [0.2, 0.25) is 0 Å². The van der Waals surface area contributed by atoms with Gasteiger partial charge < -0.3 is 15.0 Å². The first-order valence-corrected chi connectivity index (χ1v) is 9.18. The molecule has 1 saturated carbocycles. The van der Waals surface area contributed by atoms with E-state index in [1.807, 2.05) is 7.11 Å². The number of nitrogens with one attached hydrogen (secondary N) is 1. The number of piperidine rings is 1. The van der Waals surface area contributed by atoms with E-state index in [0.717, 1.165) is 18.5 Å². The lowest BCUT2D eigenvalue weighted by Crippen LogP contribution is -2.50. The summed E-state index contributed by atoms with van der Waals surface area (Å²) in [5.74, 6) is 0.832. The first-order valence-electron chi connectivity index (χ1n) is 9.18. The number of hydrogen-bond donors (Lipinski definition) is 1. The van der Waals surface area contributed by atoms with E-state index in [1.165, 1.54) is 71.0 Å². The maximum absolute atomic E-state index is 5.76. The van der Waals surface area contributed by atoms with Crippen molar-refractivity contribution < 1.29 is 4.74 Å². The quantitative estimate of drug-likeness (QED) is 0.760. The van der Waals surface area contributed by atoms with Crippen molar-refractivity contribution in [1.29, 1.82) is 0 Å². The summed E-state index contributed by atoms with van der Waals surface area (Å²) in [4.78, 5) is 2.67. The monoisotopic (exact) mass is 296 g/mol. The Morgan fingerprint density at radius 2 is 2.00 bits per heavy atom. The van der Waals surface area contributed by atoms with Crippen molar-refractivity contribution in [3.63, 3.8) is 0 Å². The summed E-state index contributed by atoms with van der Waals surface area (Å²) in [6.45, 7) is 9.36. The second kappa shape index (κ2) is 8.50.